The Morgan fingerprint density at radius 1 is 1.06 bits per heavy atom. The Labute approximate surface area is 183 Å². The van der Waals surface area contributed by atoms with Gasteiger partial charge in [0.1, 0.15) is 11.5 Å². The molecule has 0 aromatic heterocycles. The number of carbonyl (C=O) groups is 2. The van der Waals surface area contributed by atoms with Crippen molar-refractivity contribution in [3.8, 4) is 5.75 Å². The number of aliphatic hydroxyl groups is 1. The van der Waals surface area contributed by atoms with Gasteiger partial charge in [0.2, 0.25) is 0 Å². The first-order valence-corrected chi connectivity index (χ1v) is 10.6. The van der Waals surface area contributed by atoms with Crippen molar-refractivity contribution in [2.24, 2.45) is 0 Å². The molecule has 0 radical (unpaired) electrons. The summed E-state index contributed by atoms with van der Waals surface area (Å²) in [6, 6.07) is 15.5. The maximum absolute atomic E-state index is 13.0. The summed E-state index contributed by atoms with van der Waals surface area (Å²) in [6.07, 6.45) is 0.867. The molecule has 0 spiro atoms. The van der Waals surface area contributed by atoms with Crippen LogP contribution in [0, 0.1) is 0 Å². The molecule has 1 N–H and O–H groups in total. The molecular weight excluding hydrogens is 394 g/mol. The monoisotopic (exact) mass is 423 g/mol. The van der Waals surface area contributed by atoms with Gasteiger partial charge >= 0.3 is 0 Å². The van der Waals surface area contributed by atoms with Crippen LogP contribution in [-0.4, -0.2) is 47.6 Å². The molecule has 1 atom stereocenters. The van der Waals surface area contributed by atoms with Gasteiger partial charge in [-0.3, -0.25) is 9.59 Å². The Balaban J connectivity index is 2.03. The summed E-state index contributed by atoms with van der Waals surface area (Å²) < 4.78 is 11.3. The van der Waals surface area contributed by atoms with Gasteiger partial charge in [0, 0.05) is 12.1 Å². The maximum Gasteiger partial charge on any atom is 0.295 e. The minimum absolute atomic E-state index is 0.0119. The van der Waals surface area contributed by atoms with Crippen molar-refractivity contribution in [3.63, 3.8) is 0 Å². The van der Waals surface area contributed by atoms with Gasteiger partial charge in [-0.05, 0) is 38.0 Å². The van der Waals surface area contributed by atoms with E-state index in [0.29, 0.717) is 24.5 Å². The highest BCUT2D eigenvalue weighted by molar-refractivity contribution is 6.46. The topological polar surface area (TPSA) is 76.1 Å². The fourth-order valence-corrected chi connectivity index (χ4v) is 3.59. The third-order valence-corrected chi connectivity index (χ3v) is 5.02. The zero-order chi connectivity index (χ0) is 22.4. The number of hydrogen-bond donors (Lipinski definition) is 1. The van der Waals surface area contributed by atoms with Crippen LogP contribution in [0.15, 0.2) is 60.2 Å². The predicted molar refractivity (Wildman–Crippen MR) is 119 cm³/mol. The van der Waals surface area contributed by atoms with Crippen LogP contribution in [0.4, 0.5) is 0 Å². The summed E-state index contributed by atoms with van der Waals surface area (Å²) >= 11 is 0. The summed E-state index contributed by atoms with van der Waals surface area (Å²) in [5, 5.41) is 11.1. The Bertz CT molecular complexity index is 951. The molecule has 1 unspecified atom stereocenters. The van der Waals surface area contributed by atoms with E-state index < -0.39 is 17.7 Å². The summed E-state index contributed by atoms with van der Waals surface area (Å²) in [6.45, 7) is 6.93. The normalized spacial score (nSPS) is 18.1. The van der Waals surface area contributed by atoms with Crippen molar-refractivity contribution in [1.82, 2.24) is 4.90 Å². The van der Waals surface area contributed by atoms with E-state index in [1.165, 1.54) is 4.90 Å². The number of carbonyl (C=O) groups excluding carboxylic acids is 2. The van der Waals surface area contributed by atoms with Crippen molar-refractivity contribution in [2.75, 3.05) is 19.8 Å². The third kappa shape index (κ3) is 5.14. The van der Waals surface area contributed by atoms with E-state index in [9.17, 15) is 14.7 Å². The largest absolute Gasteiger partial charge is 0.507 e. The lowest BCUT2D eigenvalue weighted by Crippen LogP contribution is -2.33. The maximum atomic E-state index is 13.0. The molecule has 1 heterocycles. The Hall–Kier alpha value is -3.12. The van der Waals surface area contributed by atoms with Crippen LogP contribution in [0.5, 0.6) is 5.75 Å². The number of amides is 1. The van der Waals surface area contributed by atoms with Crippen LogP contribution in [0.1, 0.15) is 44.4 Å². The molecule has 2 aromatic rings. The van der Waals surface area contributed by atoms with Crippen molar-refractivity contribution >= 4 is 17.4 Å². The molecule has 0 bridgehead atoms. The molecule has 1 amide bonds. The molecule has 164 valence electrons. The zero-order valence-corrected chi connectivity index (χ0v) is 18.2. The fourth-order valence-electron chi connectivity index (χ4n) is 3.59. The van der Waals surface area contributed by atoms with Gasteiger partial charge in [-0.2, -0.15) is 0 Å². The van der Waals surface area contributed by atoms with Crippen molar-refractivity contribution < 1.29 is 24.2 Å². The van der Waals surface area contributed by atoms with E-state index >= 15 is 0 Å². The average molecular weight is 424 g/mol. The SMILES string of the molecule is CCCOc1cccc(/C(O)=C2/C(=O)C(=O)N(CCOC(C)C)C2c2ccccc2)c1. The van der Waals surface area contributed by atoms with Crippen molar-refractivity contribution in [3.05, 3.63) is 71.3 Å². The lowest BCUT2D eigenvalue weighted by molar-refractivity contribution is -0.140. The Morgan fingerprint density at radius 2 is 1.81 bits per heavy atom. The smallest absolute Gasteiger partial charge is 0.295 e. The van der Waals surface area contributed by atoms with Crippen LogP contribution in [-0.2, 0) is 14.3 Å². The molecule has 0 saturated carbocycles. The Kier molecular flexibility index (Phi) is 7.47. The summed E-state index contributed by atoms with van der Waals surface area (Å²) in [5.41, 5.74) is 1.27. The second kappa shape index (κ2) is 10.3. The van der Waals surface area contributed by atoms with Crippen LogP contribution in [0.2, 0.25) is 0 Å². The first-order chi connectivity index (χ1) is 14.9. The van der Waals surface area contributed by atoms with E-state index in [1.807, 2.05) is 51.1 Å². The predicted octanol–water partition coefficient (Wildman–Crippen LogP) is 4.32. The summed E-state index contributed by atoms with van der Waals surface area (Å²) in [5.74, 6) is -0.944. The van der Waals surface area contributed by atoms with E-state index in [2.05, 4.69) is 0 Å². The summed E-state index contributed by atoms with van der Waals surface area (Å²) in [4.78, 5) is 27.3. The molecule has 1 saturated heterocycles. The number of aliphatic hydroxyl groups excluding tert-OH is 1. The number of rotatable bonds is 9. The van der Waals surface area contributed by atoms with Gasteiger partial charge in [-0.15, -0.1) is 0 Å². The second-order valence-electron chi connectivity index (χ2n) is 7.70. The highest BCUT2D eigenvalue weighted by atomic mass is 16.5. The average Bonchev–Trinajstić information content (AvgIpc) is 3.02. The fraction of sp³-hybridized carbons (Fsp3) is 0.360. The van der Waals surface area contributed by atoms with E-state index in [-0.39, 0.29) is 24.0 Å². The van der Waals surface area contributed by atoms with E-state index in [0.717, 1.165) is 12.0 Å². The van der Waals surface area contributed by atoms with Gasteiger partial charge in [-0.25, -0.2) is 0 Å². The minimum Gasteiger partial charge on any atom is -0.507 e. The molecule has 31 heavy (non-hydrogen) atoms. The van der Waals surface area contributed by atoms with Gasteiger partial charge in [-0.1, -0.05) is 49.4 Å². The van der Waals surface area contributed by atoms with Gasteiger partial charge < -0.3 is 19.5 Å². The quantitative estimate of drug-likeness (QED) is 0.369. The number of hydrogen-bond acceptors (Lipinski definition) is 5. The molecular formula is C25H29NO5. The Morgan fingerprint density at radius 3 is 2.48 bits per heavy atom. The zero-order valence-electron chi connectivity index (χ0n) is 18.2. The van der Waals surface area contributed by atoms with Gasteiger partial charge in [0.05, 0.1) is 30.9 Å². The highest BCUT2D eigenvalue weighted by Crippen LogP contribution is 2.39. The number of likely N-dealkylation sites (tertiary alicyclic amines) is 1. The number of ether oxygens (including phenoxy) is 2. The number of benzene rings is 2. The molecule has 1 aliphatic rings. The van der Waals surface area contributed by atoms with Crippen LogP contribution in [0.25, 0.3) is 5.76 Å². The summed E-state index contributed by atoms with van der Waals surface area (Å²) in [7, 11) is 0. The van der Waals surface area contributed by atoms with Gasteiger partial charge in [0.25, 0.3) is 11.7 Å². The minimum atomic E-state index is -0.698. The number of Topliss-reactive ketones (excluding diaryl/α,β-unsaturated/α-hetero) is 1. The van der Waals surface area contributed by atoms with Gasteiger partial charge in [0.15, 0.2) is 0 Å². The van der Waals surface area contributed by atoms with E-state index in [1.54, 1.807) is 24.3 Å². The van der Waals surface area contributed by atoms with Crippen molar-refractivity contribution in [1.29, 1.82) is 0 Å². The standard InChI is InChI=1S/C25H29NO5/c1-4-14-31-20-12-8-11-19(16-20)23(27)21-22(18-9-6-5-7-10-18)26(25(29)24(21)28)13-15-30-17(2)3/h5-12,16-17,22,27H,4,13-15H2,1-3H3/b23-21-. The first-order valence-electron chi connectivity index (χ1n) is 10.6. The highest BCUT2D eigenvalue weighted by Gasteiger charge is 2.45. The lowest BCUT2D eigenvalue weighted by atomic mass is 9.95. The molecule has 6 nitrogen and oxygen atoms in total. The molecule has 6 heteroatoms. The number of ketones is 1. The van der Waals surface area contributed by atoms with Crippen LogP contribution in [0.3, 0.4) is 0 Å². The third-order valence-electron chi connectivity index (χ3n) is 5.02. The second-order valence-corrected chi connectivity index (χ2v) is 7.70. The molecule has 1 aliphatic heterocycles. The van der Waals surface area contributed by atoms with Crippen LogP contribution >= 0.6 is 0 Å². The first kappa shape index (κ1) is 22.6. The number of nitrogens with zero attached hydrogens (tertiary/aromatic N) is 1. The molecule has 1 fully saturated rings. The van der Waals surface area contributed by atoms with E-state index in [4.69, 9.17) is 9.47 Å². The van der Waals surface area contributed by atoms with Crippen molar-refractivity contribution in [2.45, 2.75) is 39.3 Å². The lowest BCUT2D eigenvalue weighted by Gasteiger charge is -2.25. The molecule has 2 aromatic carbocycles. The molecule has 3 rings (SSSR count). The van der Waals surface area contributed by atoms with Crippen LogP contribution < -0.4 is 4.74 Å². The molecule has 0 aliphatic carbocycles.